The Morgan fingerprint density at radius 2 is 2.06 bits per heavy atom. The van der Waals surface area contributed by atoms with Gasteiger partial charge in [0.25, 0.3) is 0 Å². The fourth-order valence-electron chi connectivity index (χ4n) is 3.85. The normalized spacial score (nSPS) is 17.9. The largest absolute Gasteiger partial charge is 0.444 e. The van der Waals surface area contributed by atoms with Crippen molar-refractivity contribution in [2.24, 2.45) is 5.11 Å². The summed E-state index contributed by atoms with van der Waals surface area (Å²) in [5.41, 5.74) is 11.9. The van der Waals surface area contributed by atoms with Gasteiger partial charge in [-0.1, -0.05) is 35.4 Å². The molecule has 0 spiro atoms. The molecule has 0 unspecified atom stereocenters. The average molecular weight is 421 g/mol. The first-order valence-corrected chi connectivity index (χ1v) is 10.3. The van der Waals surface area contributed by atoms with Crippen molar-refractivity contribution >= 4 is 23.6 Å². The predicted octanol–water partition coefficient (Wildman–Crippen LogP) is 4.80. The summed E-state index contributed by atoms with van der Waals surface area (Å²) in [6.07, 6.45) is 1.29. The molecule has 2 aromatic rings. The quantitative estimate of drug-likeness (QED) is 0.392. The number of aryl methyl sites for hydroxylation is 1. The van der Waals surface area contributed by atoms with Crippen LogP contribution >= 0.6 is 0 Å². The Labute approximate surface area is 179 Å². The highest BCUT2D eigenvalue weighted by Crippen LogP contribution is 2.32. The molecule has 31 heavy (non-hydrogen) atoms. The lowest BCUT2D eigenvalue weighted by Crippen LogP contribution is -2.32. The van der Waals surface area contributed by atoms with Crippen LogP contribution in [0, 0.1) is 0 Å². The fourth-order valence-corrected chi connectivity index (χ4v) is 3.85. The number of azide groups is 1. The van der Waals surface area contributed by atoms with Gasteiger partial charge in [0.2, 0.25) is 0 Å². The number of carbonyl (C=O) groups is 2. The maximum Gasteiger partial charge on any atom is 0.414 e. The molecule has 0 aliphatic carbocycles. The lowest BCUT2D eigenvalue weighted by Gasteiger charge is -2.23. The molecule has 0 bridgehead atoms. The lowest BCUT2D eigenvalue weighted by atomic mass is 10.1. The first-order valence-electron chi connectivity index (χ1n) is 10.3. The van der Waals surface area contributed by atoms with E-state index in [4.69, 9.17) is 15.0 Å². The van der Waals surface area contributed by atoms with E-state index in [9.17, 15) is 9.59 Å². The second-order valence-corrected chi connectivity index (χ2v) is 7.49. The molecule has 2 amide bonds. The van der Waals surface area contributed by atoms with Gasteiger partial charge >= 0.3 is 12.2 Å². The van der Waals surface area contributed by atoms with Crippen LogP contribution in [0.3, 0.4) is 0 Å². The van der Waals surface area contributed by atoms with Crippen molar-refractivity contribution in [2.75, 3.05) is 29.4 Å². The molecule has 2 aromatic carbocycles. The Kier molecular flexibility index (Phi) is 6.24. The molecule has 4 rings (SSSR count). The first-order chi connectivity index (χ1) is 15.2. The monoisotopic (exact) mass is 421 g/mol. The summed E-state index contributed by atoms with van der Waals surface area (Å²) in [5.74, 6) is 0. The third-order valence-corrected chi connectivity index (χ3v) is 5.39. The minimum atomic E-state index is -0.467. The Balaban J connectivity index is 1.50. The zero-order chi connectivity index (χ0) is 21.6. The summed E-state index contributed by atoms with van der Waals surface area (Å²) >= 11 is 0. The van der Waals surface area contributed by atoms with Crippen molar-refractivity contribution in [3.8, 4) is 0 Å². The van der Waals surface area contributed by atoms with Gasteiger partial charge in [0.05, 0.1) is 18.8 Å². The molecular weight excluding hydrogens is 398 g/mol. The number of cyclic esters (lactones) is 1. The number of fused-ring (bicyclic) bond motifs is 1. The zero-order valence-corrected chi connectivity index (χ0v) is 17.0. The van der Waals surface area contributed by atoms with Crippen molar-refractivity contribution in [1.29, 1.82) is 0 Å². The standard InChI is InChI=1S/C22H23N5O4/c23-25-24-13-19-14-27(22(29)31-19)18-9-10-20-17(12-18)8-4-5-11-26(20)21(28)30-15-16-6-2-1-3-7-16/h1-3,6-7,9-10,12,19H,4-5,8,11,13-15H2/t19-/m0/s1. The molecule has 1 saturated heterocycles. The third kappa shape index (κ3) is 4.73. The average Bonchev–Trinajstić information content (AvgIpc) is 3.03. The highest BCUT2D eigenvalue weighted by Gasteiger charge is 2.33. The summed E-state index contributed by atoms with van der Waals surface area (Å²) in [4.78, 5) is 31.0. The first kappa shape index (κ1) is 20.6. The molecule has 9 nitrogen and oxygen atoms in total. The summed E-state index contributed by atoms with van der Waals surface area (Å²) < 4.78 is 10.8. The van der Waals surface area contributed by atoms with E-state index in [0.717, 1.165) is 36.1 Å². The zero-order valence-electron chi connectivity index (χ0n) is 17.0. The number of nitrogens with zero attached hydrogens (tertiary/aromatic N) is 5. The highest BCUT2D eigenvalue weighted by atomic mass is 16.6. The van der Waals surface area contributed by atoms with E-state index < -0.39 is 12.2 Å². The van der Waals surface area contributed by atoms with Gasteiger partial charge in [-0.3, -0.25) is 9.80 Å². The molecule has 0 saturated carbocycles. The molecule has 2 aliphatic heterocycles. The van der Waals surface area contributed by atoms with Gasteiger partial charge in [-0.05, 0) is 54.1 Å². The van der Waals surface area contributed by atoms with E-state index in [1.54, 1.807) is 11.0 Å². The number of hydrogen-bond acceptors (Lipinski definition) is 5. The van der Waals surface area contributed by atoms with Crippen molar-refractivity contribution in [2.45, 2.75) is 32.0 Å². The fraction of sp³-hybridized carbons (Fsp3) is 0.364. The summed E-state index contributed by atoms with van der Waals surface area (Å²) in [5, 5.41) is 3.49. The Bertz CT molecular complexity index is 1010. The number of rotatable bonds is 5. The smallest absolute Gasteiger partial charge is 0.414 e. The van der Waals surface area contributed by atoms with Crippen LogP contribution in [-0.2, 0) is 22.5 Å². The maximum atomic E-state index is 12.8. The van der Waals surface area contributed by atoms with Crippen LogP contribution in [0.4, 0.5) is 21.0 Å². The molecule has 0 radical (unpaired) electrons. The van der Waals surface area contributed by atoms with Gasteiger partial charge < -0.3 is 9.47 Å². The van der Waals surface area contributed by atoms with Gasteiger partial charge in [0.1, 0.15) is 12.7 Å². The maximum absolute atomic E-state index is 12.8. The number of anilines is 2. The van der Waals surface area contributed by atoms with E-state index in [1.165, 1.54) is 4.90 Å². The van der Waals surface area contributed by atoms with Crippen LogP contribution in [-0.4, -0.2) is 37.9 Å². The predicted molar refractivity (Wildman–Crippen MR) is 115 cm³/mol. The molecule has 1 fully saturated rings. The number of benzene rings is 2. The van der Waals surface area contributed by atoms with Gasteiger partial charge in [-0.25, -0.2) is 9.59 Å². The van der Waals surface area contributed by atoms with Crippen LogP contribution in [0.15, 0.2) is 53.6 Å². The van der Waals surface area contributed by atoms with Gasteiger partial charge in [-0.2, -0.15) is 0 Å². The number of hydrogen-bond donors (Lipinski definition) is 0. The number of ether oxygens (including phenoxy) is 2. The summed E-state index contributed by atoms with van der Waals surface area (Å²) in [6, 6.07) is 15.2. The molecule has 9 heteroatoms. The Morgan fingerprint density at radius 1 is 1.23 bits per heavy atom. The van der Waals surface area contributed by atoms with E-state index in [-0.39, 0.29) is 19.2 Å². The highest BCUT2D eigenvalue weighted by molar-refractivity contribution is 5.92. The van der Waals surface area contributed by atoms with Crippen molar-refractivity contribution in [3.63, 3.8) is 0 Å². The van der Waals surface area contributed by atoms with E-state index in [2.05, 4.69) is 10.0 Å². The van der Waals surface area contributed by atoms with Crippen molar-refractivity contribution in [1.82, 2.24) is 0 Å². The van der Waals surface area contributed by atoms with Gasteiger partial charge in [0, 0.05) is 17.1 Å². The molecule has 2 aliphatic rings. The summed E-state index contributed by atoms with van der Waals surface area (Å²) in [6.45, 7) is 1.22. The van der Waals surface area contributed by atoms with E-state index in [1.807, 2.05) is 42.5 Å². The van der Waals surface area contributed by atoms with E-state index >= 15 is 0 Å². The molecule has 0 aromatic heterocycles. The SMILES string of the molecule is [N-]=[N+]=NC[C@H]1CN(c2ccc3c(c2)CCCCN3C(=O)OCc2ccccc2)C(=O)O1. The van der Waals surface area contributed by atoms with E-state index in [0.29, 0.717) is 18.8 Å². The van der Waals surface area contributed by atoms with Crippen molar-refractivity contribution in [3.05, 3.63) is 70.1 Å². The number of carbonyl (C=O) groups excluding carboxylic acids is 2. The van der Waals surface area contributed by atoms with Crippen LogP contribution in [0.25, 0.3) is 10.4 Å². The second kappa shape index (κ2) is 9.40. The summed E-state index contributed by atoms with van der Waals surface area (Å²) in [7, 11) is 0. The topological polar surface area (TPSA) is 108 Å². The third-order valence-electron chi connectivity index (χ3n) is 5.39. The number of amides is 2. The lowest BCUT2D eigenvalue weighted by molar-refractivity contribution is 0.144. The molecular formula is C22H23N5O4. The Morgan fingerprint density at radius 3 is 2.87 bits per heavy atom. The van der Waals surface area contributed by atoms with Crippen molar-refractivity contribution < 1.29 is 19.1 Å². The molecule has 1 atom stereocenters. The van der Waals surface area contributed by atoms with Crippen LogP contribution in [0.1, 0.15) is 24.0 Å². The molecule has 0 N–H and O–H groups in total. The molecule has 160 valence electrons. The minimum Gasteiger partial charge on any atom is -0.444 e. The molecule has 2 heterocycles. The van der Waals surface area contributed by atoms with Crippen LogP contribution in [0.5, 0.6) is 0 Å². The second-order valence-electron chi connectivity index (χ2n) is 7.49. The van der Waals surface area contributed by atoms with Crippen LogP contribution in [0.2, 0.25) is 0 Å². The van der Waals surface area contributed by atoms with Gasteiger partial charge in [0.15, 0.2) is 0 Å². The Hall–Kier alpha value is -3.71. The van der Waals surface area contributed by atoms with Gasteiger partial charge in [-0.15, -0.1) is 0 Å². The minimum absolute atomic E-state index is 0.102. The van der Waals surface area contributed by atoms with Crippen LogP contribution < -0.4 is 9.80 Å².